The summed E-state index contributed by atoms with van der Waals surface area (Å²) in [5.74, 6) is -0.0881. The molecule has 0 radical (unpaired) electrons. The molecule has 0 saturated carbocycles. The van der Waals surface area contributed by atoms with Crippen LogP contribution in [0.5, 0.6) is 0 Å². The first-order valence-corrected chi connectivity index (χ1v) is 3.64. The number of alkyl halides is 3. The zero-order chi connectivity index (χ0) is 9.19. The van der Waals surface area contributed by atoms with Gasteiger partial charge in [0, 0.05) is 11.5 Å². The summed E-state index contributed by atoms with van der Waals surface area (Å²) in [5, 5.41) is 2.13. The normalized spacial score (nSPS) is 10.7. The largest absolute Gasteiger partial charge is 0.405 e. The molecular formula is C4H6BrF3N4S. The van der Waals surface area contributed by atoms with E-state index in [1.165, 1.54) is 0 Å². The number of nitrogen functional groups attached to an aromatic ring is 1. The minimum absolute atomic E-state index is 0. The Morgan fingerprint density at radius 1 is 1.46 bits per heavy atom. The number of hydrogen-bond donors (Lipinski definition) is 2. The Labute approximate surface area is 86.3 Å². The summed E-state index contributed by atoms with van der Waals surface area (Å²) in [6.07, 6.45) is -4.26. The van der Waals surface area contributed by atoms with Crippen LogP contribution in [0, 0.1) is 0 Å². The van der Waals surface area contributed by atoms with Crippen LogP contribution >= 0.6 is 28.5 Å². The molecule has 1 aromatic rings. The van der Waals surface area contributed by atoms with Gasteiger partial charge in [0.05, 0.1) is 0 Å². The van der Waals surface area contributed by atoms with Gasteiger partial charge < -0.3 is 11.1 Å². The molecule has 0 aromatic carbocycles. The van der Waals surface area contributed by atoms with Gasteiger partial charge in [-0.05, 0) is 0 Å². The molecule has 0 fully saturated rings. The number of nitrogens with zero attached hydrogens (tertiary/aromatic N) is 2. The average Bonchev–Trinajstić information content (AvgIpc) is 2.30. The molecular weight excluding hydrogens is 273 g/mol. The van der Waals surface area contributed by atoms with Crippen LogP contribution in [0.3, 0.4) is 0 Å². The van der Waals surface area contributed by atoms with E-state index in [0.29, 0.717) is 0 Å². The van der Waals surface area contributed by atoms with E-state index in [4.69, 9.17) is 5.73 Å². The van der Waals surface area contributed by atoms with Gasteiger partial charge in [-0.25, -0.2) is 0 Å². The van der Waals surface area contributed by atoms with Gasteiger partial charge in [-0.2, -0.15) is 22.5 Å². The molecule has 0 atom stereocenters. The smallest absolute Gasteiger partial charge is 0.374 e. The summed E-state index contributed by atoms with van der Waals surface area (Å²) in [7, 11) is 0. The highest BCUT2D eigenvalue weighted by Gasteiger charge is 2.27. The SMILES string of the molecule is Br.Nc1nc(NCC(F)(F)F)ns1. The van der Waals surface area contributed by atoms with E-state index in [1.807, 2.05) is 5.32 Å². The highest BCUT2D eigenvalue weighted by atomic mass is 79.9. The van der Waals surface area contributed by atoms with Crippen LogP contribution in [0.25, 0.3) is 0 Å². The van der Waals surface area contributed by atoms with Crippen molar-refractivity contribution in [2.75, 3.05) is 17.6 Å². The maximum absolute atomic E-state index is 11.6. The van der Waals surface area contributed by atoms with Gasteiger partial charge in [-0.15, -0.1) is 17.0 Å². The molecule has 3 N–H and O–H groups in total. The molecule has 0 aliphatic rings. The van der Waals surface area contributed by atoms with E-state index in [-0.39, 0.29) is 28.1 Å². The fraction of sp³-hybridized carbons (Fsp3) is 0.500. The first kappa shape index (κ1) is 12.4. The highest BCUT2D eigenvalue weighted by Crippen LogP contribution is 2.16. The Morgan fingerprint density at radius 3 is 2.46 bits per heavy atom. The number of rotatable bonds is 2. The van der Waals surface area contributed by atoms with E-state index < -0.39 is 12.7 Å². The van der Waals surface area contributed by atoms with E-state index in [1.54, 1.807) is 0 Å². The summed E-state index contributed by atoms with van der Waals surface area (Å²) in [5.41, 5.74) is 5.14. The molecule has 0 spiro atoms. The number of halogens is 4. The van der Waals surface area contributed by atoms with Crippen LogP contribution in [0.4, 0.5) is 24.3 Å². The van der Waals surface area contributed by atoms with Gasteiger partial charge in [-0.1, -0.05) is 0 Å². The number of anilines is 2. The number of nitrogens with one attached hydrogen (secondary N) is 1. The van der Waals surface area contributed by atoms with Crippen LogP contribution in [-0.4, -0.2) is 22.1 Å². The van der Waals surface area contributed by atoms with Crippen molar-refractivity contribution in [1.82, 2.24) is 9.36 Å². The van der Waals surface area contributed by atoms with Crippen molar-refractivity contribution in [2.45, 2.75) is 6.18 Å². The third-order valence-electron chi connectivity index (χ3n) is 0.889. The second kappa shape index (κ2) is 4.61. The van der Waals surface area contributed by atoms with Crippen LogP contribution in [-0.2, 0) is 0 Å². The van der Waals surface area contributed by atoms with Crippen molar-refractivity contribution in [3.63, 3.8) is 0 Å². The predicted molar refractivity (Wildman–Crippen MR) is 49.2 cm³/mol. The van der Waals surface area contributed by atoms with Gasteiger partial charge in [0.1, 0.15) is 6.54 Å². The lowest BCUT2D eigenvalue weighted by atomic mass is 10.6. The van der Waals surface area contributed by atoms with E-state index >= 15 is 0 Å². The monoisotopic (exact) mass is 278 g/mol. The molecule has 4 nitrogen and oxygen atoms in total. The molecule has 1 rings (SSSR count). The maximum atomic E-state index is 11.6. The minimum atomic E-state index is -4.26. The summed E-state index contributed by atoms with van der Waals surface area (Å²) in [6.45, 7) is -1.15. The topological polar surface area (TPSA) is 63.8 Å². The van der Waals surface area contributed by atoms with Crippen LogP contribution in [0.15, 0.2) is 0 Å². The molecule has 1 heterocycles. The molecule has 9 heteroatoms. The number of hydrogen-bond acceptors (Lipinski definition) is 5. The van der Waals surface area contributed by atoms with Crippen molar-refractivity contribution in [2.24, 2.45) is 0 Å². The van der Waals surface area contributed by atoms with Crippen molar-refractivity contribution >= 4 is 39.6 Å². The van der Waals surface area contributed by atoms with Gasteiger partial charge in [-0.3, -0.25) is 0 Å². The number of aromatic nitrogens is 2. The molecule has 0 saturated heterocycles. The van der Waals surface area contributed by atoms with Crippen molar-refractivity contribution in [3.05, 3.63) is 0 Å². The Kier molecular flexibility index (Phi) is 4.40. The lowest BCUT2D eigenvalue weighted by molar-refractivity contribution is -0.115. The first-order chi connectivity index (χ1) is 5.47. The van der Waals surface area contributed by atoms with Gasteiger partial charge >= 0.3 is 6.18 Å². The summed E-state index contributed by atoms with van der Waals surface area (Å²) in [4.78, 5) is 3.49. The van der Waals surface area contributed by atoms with Gasteiger partial charge in [0.25, 0.3) is 0 Å². The van der Waals surface area contributed by atoms with Gasteiger partial charge in [0.15, 0.2) is 0 Å². The lowest BCUT2D eigenvalue weighted by Crippen LogP contribution is -2.21. The maximum Gasteiger partial charge on any atom is 0.405 e. The molecule has 13 heavy (non-hydrogen) atoms. The quantitative estimate of drug-likeness (QED) is 0.864. The fourth-order valence-electron chi connectivity index (χ4n) is 0.486. The summed E-state index contributed by atoms with van der Waals surface area (Å²) in [6, 6.07) is 0. The fourth-order valence-corrected chi connectivity index (χ4v) is 0.899. The molecule has 0 amide bonds. The molecule has 1 aromatic heterocycles. The zero-order valence-electron chi connectivity index (χ0n) is 6.13. The Hall–Kier alpha value is -0.570. The second-order valence-corrected chi connectivity index (χ2v) is 2.71. The standard InChI is InChI=1S/C4H5F3N4S.BrH/c5-4(6,7)1-9-3-10-2(8)12-11-3;/h1H2,(H3,8,9,10,11);1H. The zero-order valence-corrected chi connectivity index (χ0v) is 8.66. The Balaban J connectivity index is 0.00000144. The molecule has 76 valence electrons. The summed E-state index contributed by atoms with van der Waals surface area (Å²) < 4.78 is 38.3. The highest BCUT2D eigenvalue weighted by molar-refractivity contribution is 8.93. The van der Waals surface area contributed by atoms with Crippen molar-refractivity contribution < 1.29 is 13.2 Å². The second-order valence-electron chi connectivity index (χ2n) is 1.92. The first-order valence-electron chi connectivity index (χ1n) is 2.87. The van der Waals surface area contributed by atoms with Crippen molar-refractivity contribution in [3.8, 4) is 0 Å². The van der Waals surface area contributed by atoms with Gasteiger partial charge in [0.2, 0.25) is 11.1 Å². The molecule has 0 bridgehead atoms. The van der Waals surface area contributed by atoms with Crippen LogP contribution in [0.2, 0.25) is 0 Å². The average molecular weight is 279 g/mol. The third-order valence-corrected chi connectivity index (χ3v) is 1.43. The summed E-state index contributed by atoms with van der Waals surface area (Å²) >= 11 is 0.842. The minimum Gasteiger partial charge on any atom is -0.374 e. The van der Waals surface area contributed by atoms with E-state index in [0.717, 1.165) is 11.5 Å². The predicted octanol–water partition coefficient (Wildman–Crippen LogP) is 1.67. The third kappa shape index (κ3) is 4.88. The molecule has 0 unspecified atom stereocenters. The van der Waals surface area contributed by atoms with E-state index in [2.05, 4.69) is 9.36 Å². The molecule has 0 aliphatic heterocycles. The van der Waals surface area contributed by atoms with Crippen LogP contribution < -0.4 is 11.1 Å². The Bertz CT molecular complexity index is 262. The van der Waals surface area contributed by atoms with E-state index in [9.17, 15) is 13.2 Å². The Morgan fingerprint density at radius 2 is 2.08 bits per heavy atom. The van der Waals surface area contributed by atoms with Crippen molar-refractivity contribution in [1.29, 1.82) is 0 Å². The van der Waals surface area contributed by atoms with Crippen LogP contribution in [0.1, 0.15) is 0 Å². The number of nitrogens with two attached hydrogens (primary N) is 1. The molecule has 0 aliphatic carbocycles. The lowest BCUT2D eigenvalue weighted by Gasteiger charge is -2.04.